The number of likely N-dealkylation sites (N-methyl/N-ethyl adjacent to an activating group) is 1. The Balaban J connectivity index is 2.30. The molecule has 0 bridgehead atoms. The van der Waals surface area contributed by atoms with E-state index in [0.29, 0.717) is 12.4 Å². The summed E-state index contributed by atoms with van der Waals surface area (Å²) in [7, 11) is 1.70. The van der Waals surface area contributed by atoms with Crippen molar-refractivity contribution in [2.45, 2.75) is 26.4 Å². The molecule has 102 valence electrons. The molecule has 0 amide bonds. The molecule has 1 atom stereocenters. The van der Waals surface area contributed by atoms with Gasteiger partial charge in [0.25, 0.3) is 0 Å². The van der Waals surface area contributed by atoms with E-state index in [1.165, 1.54) is 6.07 Å². The summed E-state index contributed by atoms with van der Waals surface area (Å²) in [6.45, 7) is 4.01. The highest BCUT2D eigenvalue weighted by Gasteiger charge is 2.18. The van der Waals surface area contributed by atoms with Crippen molar-refractivity contribution in [2.24, 2.45) is 0 Å². The Morgan fingerprint density at radius 3 is 2.63 bits per heavy atom. The van der Waals surface area contributed by atoms with Crippen molar-refractivity contribution in [1.82, 2.24) is 20.1 Å². The van der Waals surface area contributed by atoms with Gasteiger partial charge in [-0.15, -0.1) is 0 Å². The van der Waals surface area contributed by atoms with Crippen LogP contribution in [0.25, 0.3) is 0 Å². The van der Waals surface area contributed by atoms with Crippen molar-refractivity contribution in [3.63, 3.8) is 0 Å². The van der Waals surface area contributed by atoms with Gasteiger partial charge in [-0.3, -0.25) is 0 Å². The quantitative estimate of drug-likeness (QED) is 0.922. The van der Waals surface area contributed by atoms with Gasteiger partial charge in [0.05, 0.1) is 12.6 Å². The van der Waals surface area contributed by atoms with Crippen molar-refractivity contribution < 1.29 is 8.78 Å². The Bertz CT molecular complexity index is 580. The predicted octanol–water partition coefficient (Wildman–Crippen LogP) is 2.13. The molecular weight excluding hydrogens is 250 g/mol. The smallest absolute Gasteiger partial charge is 0.163 e. The molecule has 0 saturated heterocycles. The molecule has 0 aliphatic carbocycles. The van der Waals surface area contributed by atoms with Crippen LogP contribution in [0, 0.1) is 25.5 Å². The van der Waals surface area contributed by atoms with E-state index < -0.39 is 11.6 Å². The Hall–Kier alpha value is -1.82. The van der Waals surface area contributed by atoms with Crippen LogP contribution in [0.15, 0.2) is 18.2 Å². The molecule has 0 radical (unpaired) electrons. The van der Waals surface area contributed by atoms with Gasteiger partial charge in [-0.05, 0) is 27.0 Å². The lowest BCUT2D eigenvalue weighted by atomic mass is 10.1. The summed E-state index contributed by atoms with van der Waals surface area (Å²) >= 11 is 0. The van der Waals surface area contributed by atoms with Crippen molar-refractivity contribution in [3.05, 3.63) is 47.0 Å². The van der Waals surface area contributed by atoms with Gasteiger partial charge in [0.2, 0.25) is 0 Å². The molecule has 19 heavy (non-hydrogen) atoms. The van der Waals surface area contributed by atoms with Crippen molar-refractivity contribution in [2.75, 3.05) is 7.05 Å². The van der Waals surface area contributed by atoms with Crippen LogP contribution in [0.5, 0.6) is 0 Å². The zero-order valence-corrected chi connectivity index (χ0v) is 11.1. The lowest BCUT2D eigenvalue weighted by molar-refractivity contribution is 0.425. The average Bonchev–Trinajstić information content (AvgIpc) is 2.68. The number of aryl methyl sites for hydroxylation is 2. The van der Waals surface area contributed by atoms with Crippen molar-refractivity contribution in [1.29, 1.82) is 0 Å². The van der Waals surface area contributed by atoms with E-state index in [1.807, 2.05) is 6.92 Å². The Morgan fingerprint density at radius 1 is 1.32 bits per heavy atom. The van der Waals surface area contributed by atoms with Crippen LogP contribution < -0.4 is 5.32 Å². The molecule has 0 aliphatic rings. The van der Waals surface area contributed by atoms with E-state index in [4.69, 9.17) is 0 Å². The van der Waals surface area contributed by atoms with E-state index >= 15 is 0 Å². The molecule has 2 rings (SSSR count). The zero-order chi connectivity index (χ0) is 14.0. The first-order valence-electron chi connectivity index (χ1n) is 6.02. The molecular formula is C13H16F2N4. The maximum Gasteiger partial charge on any atom is 0.163 e. The third kappa shape index (κ3) is 2.78. The van der Waals surface area contributed by atoms with Crippen LogP contribution in [0.3, 0.4) is 0 Å². The monoisotopic (exact) mass is 266 g/mol. The van der Waals surface area contributed by atoms with E-state index in [2.05, 4.69) is 15.4 Å². The van der Waals surface area contributed by atoms with Gasteiger partial charge in [0.1, 0.15) is 11.6 Å². The average molecular weight is 266 g/mol. The van der Waals surface area contributed by atoms with Crippen LogP contribution in [0.1, 0.15) is 23.3 Å². The standard InChI is InChI=1S/C13H16F2N4/c1-8-17-9(2)19(18-8)7-12(16-3)10-5-4-6-11(14)13(10)15/h4-6,12,16H,7H2,1-3H3. The molecule has 1 heterocycles. The van der Waals surface area contributed by atoms with Crippen LogP contribution in [0.4, 0.5) is 8.78 Å². The summed E-state index contributed by atoms with van der Waals surface area (Å²) in [6.07, 6.45) is 0. The highest BCUT2D eigenvalue weighted by atomic mass is 19.2. The lowest BCUT2D eigenvalue weighted by Crippen LogP contribution is -2.24. The van der Waals surface area contributed by atoms with E-state index in [-0.39, 0.29) is 11.6 Å². The zero-order valence-electron chi connectivity index (χ0n) is 11.1. The molecule has 1 aromatic heterocycles. The summed E-state index contributed by atoms with van der Waals surface area (Å²) in [5, 5.41) is 7.20. The van der Waals surface area contributed by atoms with E-state index in [9.17, 15) is 8.78 Å². The Labute approximate surface area is 110 Å². The molecule has 4 nitrogen and oxygen atoms in total. The number of nitrogens with one attached hydrogen (secondary N) is 1. The fourth-order valence-electron chi connectivity index (χ4n) is 2.04. The number of hydrogen-bond donors (Lipinski definition) is 1. The van der Waals surface area contributed by atoms with Crippen LogP contribution in [-0.2, 0) is 6.54 Å². The first-order chi connectivity index (χ1) is 9.02. The minimum absolute atomic E-state index is 0.287. The van der Waals surface area contributed by atoms with E-state index in [0.717, 1.165) is 11.9 Å². The van der Waals surface area contributed by atoms with Crippen LogP contribution >= 0.6 is 0 Å². The minimum atomic E-state index is -0.843. The maximum absolute atomic E-state index is 13.8. The SMILES string of the molecule is CNC(Cn1nc(C)nc1C)c1cccc(F)c1F. The third-order valence-electron chi connectivity index (χ3n) is 3.02. The van der Waals surface area contributed by atoms with Gasteiger partial charge in [0.15, 0.2) is 11.6 Å². The minimum Gasteiger partial charge on any atom is -0.311 e. The summed E-state index contributed by atoms with van der Waals surface area (Å²) < 4.78 is 28.7. The van der Waals surface area contributed by atoms with Gasteiger partial charge >= 0.3 is 0 Å². The second-order valence-electron chi connectivity index (χ2n) is 4.37. The highest BCUT2D eigenvalue weighted by molar-refractivity contribution is 5.22. The first kappa shape index (κ1) is 13.6. The molecule has 0 aliphatic heterocycles. The molecule has 0 fully saturated rings. The third-order valence-corrected chi connectivity index (χ3v) is 3.02. The van der Waals surface area contributed by atoms with Gasteiger partial charge in [0, 0.05) is 5.56 Å². The summed E-state index contributed by atoms with van der Waals surface area (Å²) in [5.41, 5.74) is 0.287. The van der Waals surface area contributed by atoms with Gasteiger partial charge in [-0.25, -0.2) is 18.4 Å². The van der Waals surface area contributed by atoms with Crippen molar-refractivity contribution >= 4 is 0 Å². The number of nitrogens with zero attached hydrogens (tertiary/aromatic N) is 3. The molecule has 1 aromatic carbocycles. The number of hydrogen-bond acceptors (Lipinski definition) is 3. The summed E-state index contributed by atoms with van der Waals surface area (Å²) in [6, 6.07) is 3.81. The topological polar surface area (TPSA) is 42.7 Å². The number of aromatic nitrogens is 3. The summed E-state index contributed by atoms with van der Waals surface area (Å²) in [5.74, 6) is -0.262. The van der Waals surface area contributed by atoms with Crippen LogP contribution in [0.2, 0.25) is 0 Å². The van der Waals surface area contributed by atoms with Gasteiger partial charge in [-0.1, -0.05) is 12.1 Å². The fraction of sp³-hybridized carbons (Fsp3) is 0.385. The van der Waals surface area contributed by atoms with Crippen LogP contribution in [-0.4, -0.2) is 21.8 Å². The first-order valence-corrected chi connectivity index (χ1v) is 6.02. The van der Waals surface area contributed by atoms with Gasteiger partial charge in [-0.2, -0.15) is 5.10 Å². The number of rotatable bonds is 4. The largest absolute Gasteiger partial charge is 0.311 e. The molecule has 6 heteroatoms. The normalized spacial score (nSPS) is 12.7. The molecule has 1 N–H and O–H groups in total. The molecule has 0 spiro atoms. The molecule has 0 saturated carbocycles. The van der Waals surface area contributed by atoms with Crippen molar-refractivity contribution in [3.8, 4) is 0 Å². The Kier molecular flexibility index (Phi) is 3.90. The van der Waals surface area contributed by atoms with E-state index in [1.54, 1.807) is 24.7 Å². The molecule has 2 aromatic rings. The molecule has 1 unspecified atom stereocenters. The van der Waals surface area contributed by atoms with Gasteiger partial charge < -0.3 is 5.32 Å². The highest BCUT2D eigenvalue weighted by Crippen LogP contribution is 2.20. The second-order valence-corrected chi connectivity index (χ2v) is 4.37. The fourth-order valence-corrected chi connectivity index (χ4v) is 2.04. The Morgan fingerprint density at radius 2 is 2.05 bits per heavy atom. The predicted molar refractivity (Wildman–Crippen MR) is 67.7 cm³/mol. The second kappa shape index (κ2) is 5.44. The maximum atomic E-state index is 13.8. The number of halogens is 2. The number of benzene rings is 1. The lowest BCUT2D eigenvalue weighted by Gasteiger charge is -2.18. The summed E-state index contributed by atoms with van der Waals surface area (Å²) in [4.78, 5) is 4.19.